The predicted molar refractivity (Wildman–Crippen MR) is 101 cm³/mol. The van der Waals surface area contributed by atoms with Crippen LogP contribution in [0.4, 0.5) is 5.69 Å². The standard InChI is InChI=1S/C21H24N2O4/c1-26-18-6-7-19-15(12-18)4-3-10-23(19)21(25)16-5-2-9-22(13-16)20(24)17-8-11-27-14-17/h6-8,11-12,14,16H,2-5,9-10,13H2,1H3. The number of nitrogens with zero attached hydrogens (tertiary/aromatic N) is 2. The Morgan fingerprint density at radius 3 is 2.85 bits per heavy atom. The largest absolute Gasteiger partial charge is 0.497 e. The summed E-state index contributed by atoms with van der Waals surface area (Å²) in [5, 5.41) is 0. The molecule has 27 heavy (non-hydrogen) atoms. The van der Waals surface area contributed by atoms with Crippen molar-refractivity contribution in [3.05, 3.63) is 47.9 Å². The number of ether oxygens (including phenoxy) is 1. The molecule has 2 aliphatic rings. The molecule has 6 nitrogen and oxygen atoms in total. The fraction of sp³-hybridized carbons (Fsp3) is 0.429. The quantitative estimate of drug-likeness (QED) is 0.835. The van der Waals surface area contributed by atoms with Gasteiger partial charge in [0, 0.05) is 25.3 Å². The minimum Gasteiger partial charge on any atom is -0.497 e. The SMILES string of the molecule is COc1ccc2c(c1)CCCN2C(=O)C1CCCN(C(=O)c2ccoc2)C1. The molecular formula is C21H24N2O4. The molecule has 1 aromatic heterocycles. The van der Waals surface area contributed by atoms with Crippen LogP contribution in [0.5, 0.6) is 5.75 Å². The summed E-state index contributed by atoms with van der Waals surface area (Å²) in [6.07, 6.45) is 6.50. The molecule has 1 saturated heterocycles. The van der Waals surface area contributed by atoms with E-state index in [1.165, 1.54) is 12.5 Å². The summed E-state index contributed by atoms with van der Waals surface area (Å²) in [5.74, 6) is 0.705. The highest BCUT2D eigenvalue weighted by Gasteiger charge is 2.33. The molecule has 2 aliphatic heterocycles. The second kappa shape index (κ2) is 7.47. The molecule has 3 heterocycles. The monoisotopic (exact) mass is 368 g/mol. The molecule has 0 N–H and O–H groups in total. The maximum absolute atomic E-state index is 13.3. The van der Waals surface area contributed by atoms with E-state index < -0.39 is 0 Å². The third kappa shape index (κ3) is 3.44. The van der Waals surface area contributed by atoms with Crippen LogP contribution in [-0.4, -0.2) is 43.5 Å². The van der Waals surface area contributed by atoms with E-state index in [1.54, 1.807) is 18.1 Å². The highest BCUT2D eigenvalue weighted by atomic mass is 16.5. The van der Waals surface area contributed by atoms with Crippen molar-refractivity contribution >= 4 is 17.5 Å². The molecule has 142 valence electrons. The Bertz CT molecular complexity index is 831. The van der Waals surface area contributed by atoms with Crippen LogP contribution in [0.15, 0.2) is 41.2 Å². The number of carbonyl (C=O) groups is 2. The number of fused-ring (bicyclic) bond motifs is 1. The zero-order chi connectivity index (χ0) is 18.8. The van der Waals surface area contributed by atoms with Crippen molar-refractivity contribution < 1.29 is 18.7 Å². The highest BCUT2D eigenvalue weighted by molar-refractivity contribution is 5.98. The van der Waals surface area contributed by atoms with Gasteiger partial charge in [-0.15, -0.1) is 0 Å². The number of aryl methyl sites for hydroxylation is 1. The molecule has 1 atom stereocenters. The van der Waals surface area contributed by atoms with Gasteiger partial charge in [0.15, 0.2) is 0 Å². The third-order valence-electron chi connectivity index (χ3n) is 5.50. The third-order valence-corrected chi connectivity index (χ3v) is 5.50. The number of furan rings is 1. The molecule has 1 aromatic carbocycles. The van der Waals surface area contributed by atoms with Crippen molar-refractivity contribution in [2.24, 2.45) is 5.92 Å². The van der Waals surface area contributed by atoms with Crippen molar-refractivity contribution in [1.29, 1.82) is 0 Å². The van der Waals surface area contributed by atoms with E-state index in [0.717, 1.165) is 49.2 Å². The number of rotatable bonds is 3. The Kier molecular flexibility index (Phi) is 4.88. The Labute approximate surface area is 158 Å². The lowest BCUT2D eigenvalue weighted by Crippen LogP contribution is -2.48. The van der Waals surface area contributed by atoms with Gasteiger partial charge in [0.1, 0.15) is 12.0 Å². The van der Waals surface area contributed by atoms with Crippen LogP contribution in [0.25, 0.3) is 0 Å². The van der Waals surface area contributed by atoms with Gasteiger partial charge in [0.05, 0.1) is 24.9 Å². The normalized spacial score (nSPS) is 19.5. The summed E-state index contributed by atoms with van der Waals surface area (Å²) in [5.41, 5.74) is 2.67. The molecule has 2 aromatic rings. The second-order valence-corrected chi connectivity index (χ2v) is 7.19. The van der Waals surface area contributed by atoms with E-state index in [4.69, 9.17) is 9.15 Å². The highest BCUT2D eigenvalue weighted by Crippen LogP contribution is 2.32. The number of benzene rings is 1. The van der Waals surface area contributed by atoms with Crippen molar-refractivity contribution in [2.75, 3.05) is 31.6 Å². The summed E-state index contributed by atoms with van der Waals surface area (Å²) in [7, 11) is 1.65. The molecule has 0 spiro atoms. The number of methoxy groups -OCH3 is 1. The van der Waals surface area contributed by atoms with Crippen LogP contribution in [0.3, 0.4) is 0 Å². The van der Waals surface area contributed by atoms with E-state index in [1.807, 2.05) is 23.1 Å². The molecule has 2 amide bonds. The first kappa shape index (κ1) is 17.6. The van der Waals surface area contributed by atoms with E-state index in [-0.39, 0.29) is 17.7 Å². The summed E-state index contributed by atoms with van der Waals surface area (Å²) in [4.78, 5) is 29.5. The van der Waals surface area contributed by atoms with Crippen molar-refractivity contribution in [2.45, 2.75) is 25.7 Å². The summed E-state index contributed by atoms with van der Waals surface area (Å²) >= 11 is 0. The fourth-order valence-electron chi connectivity index (χ4n) is 4.08. The Morgan fingerprint density at radius 2 is 2.07 bits per heavy atom. The van der Waals surface area contributed by atoms with Crippen molar-refractivity contribution in [1.82, 2.24) is 4.90 Å². The van der Waals surface area contributed by atoms with E-state index in [2.05, 4.69) is 0 Å². The topological polar surface area (TPSA) is 63.0 Å². The van der Waals surface area contributed by atoms with Gasteiger partial charge in [-0.05, 0) is 55.5 Å². The van der Waals surface area contributed by atoms with Crippen molar-refractivity contribution in [3.63, 3.8) is 0 Å². The van der Waals surface area contributed by atoms with Crippen LogP contribution >= 0.6 is 0 Å². The summed E-state index contributed by atoms with van der Waals surface area (Å²) in [6, 6.07) is 7.56. The first-order chi connectivity index (χ1) is 13.2. The van der Waals surface area contributed by atoms with E-state index in [0.29, 0.717) is 18.7 Å². The number of piperidine rings is 1. The molecule has 6 heteroatoms. The number of hydrogen-bond acceptors (Lipinski definition) is 4. The smallest absolute Gasteiger partial charge is 0.257 e. The average molecular weight is 368 g/mol. The molecule has 0 bridgehead atoms. The maximum Gasteiger partial charge on any atom is 0.257 e. The maximum atomic E-state index is 13.3. The minimum atomic E-state index is -0.164. The fourth-order valence-corrected chi connectivity index (χ4v) is 4.08. The lowest BCUT2D eigenvalue weighted by Gasteiger charge is -2.37. The number of carbonyl (C=O) groups excluding carboxylic acids is 2. The Hall–Kier alpha value is -2.76. The van der Waals surface area contributed by atoms with Gasteiger partial charge in [-0.25, -0.2) is 0 Å². The van der Waals surface area contributed by atoms with E-state index in [9.17, 15) is 9.59 Å². The number of likely N-dealkylation sites (tertiary alicyclic amines) is 1. The van der Waals surface area contributed by atoms with Gasteiger partial charge >= 0.3 is 0 Å². The lowest BCUT2D eigenvalue weighted by molar-refractivity contribution is -0.123. The van der Waals surface area contributed by atoms with Gasteiger partial charge in [-0.1, -0.05) is 0 Å². The molecule has 1 fully saturated rings. The van der Waals surface area contributed by atoms with E-state index >= 15 is 0 Å². The number of anilines is 1. The first-order valence-electron chi connectivity index (χ1n) is 9.47. The number of amides is 2. The van der Waals surface area contributed by atoms with Gasteiger partial charge in [0.2, 0.25) is 5.91 Å². The van der Waals surface area contributed by atoms with Crippen LogP contribution < -0.4 is 9.64 Å². The van der Waals surface area contributed by atoms with Crippen molar-refractivity contribution in [3.8, 4) is 5.75 Å². The van der Waals surface area contributed by atoms with Gasteiger partial charge in [-0.2, -0.15) is 0 Å². The van der Waals surface area contributed by atoms with Crippen LogP contribution in [0.1, 0.15) is 35.2 Å². The average Bonchev–Trinajstić information content (AvgIpc) is 3.26. The second-order valence-electron chi connectivity index (χ2n) is 7.19. The molecule has 1 unspecified atom stereocenters. The van der Waals surface area contributed by atoms with Gasteiger partial charge < -0.3 is 19.0 Å². The van der Waals surface area contributed by atoms with Crippen LogP contribution in [0, 0.1) is 5.92 Å². The molecule has 0 saturated carbocycles. The molecular weight excluding hydrogens is 344 g/mol. The molecule has 0 aliphatic carbocycles. The van der Waals surface area contributed by atoms with Crippen LogP contribution in [-0.2, 0) is 11.2 Å². The zero-order valence-electron chi connectivity index (χ0n) is 15.5. The minimum absolute atomic E-state index is 0.0648. The number of hydrogen-bond donors (Lipinski definition) is 0. The summed E-state index contributed by atoms with van der Waals surface area (Å²) < 4.78 is 10.3. The summed E-state index contributed by atoms with van der Waals surface area (Å²) in [6.45, 7) is 1.87. The molecule has 0 radical (unpaired) electrons. The predicted octanol–water partition coefficient (Wildman–Crippen LogP) is 3.12. The lowest BCUT2D eigenvalue weighted by atomic mass is 9.93. The molecule has 4 rings (SSSR count). The van der Waals surface area contributed by atoms with Gasteiger partial charge in [0.25, 0.3) is 5.91 Å². The zero-order valence-corrected chi connectivity index (χ0v) is 15.5. The van der Waals surface area contributed by atoms with Gasteiger partial charge in [-0.3, -0.25) is 9.59 Å². The Balaban J connectivity index is 1.51. The van der Waals surface area contributed by atoms with Crippen LogP contribution in [0.2, 0.25) is 0 Å². The Morgan fingerprint density at radius 1 is 1.19 bits per heavy atom. The first-order valence-corrected chi connectivity index (χ1v) is 9.47.